The first-order chi connectivity index (χ1) is 10.1. The predicted molar refractivity (Wildman–Crippen MR) is 78.0 cm³/mol. The van der Waals surface area contributed by atoms with Crippen molar-refractivity contribution in [1.82, 2.24) is 5.32 Å². The first-order valence-electron chi connectivity index (χ1n) is 7.06. The summed E-state index contributed by atoms with van der Waals surface area (Å²) in [5.41, 5.74) is 1.96. The van der Waals surface area contributed by atoms with Crippen LogP contribution in [0.25, 0.3) is 11.0 Å². The van der Waals surface area contributed by atoms with E-state index in [1.54, 1.807) is 6.07 Å². The molecular formula is C16H17NO4. The van der Waals surface area contributed by atoms with Gasteiger partial charge in [-0.1, -0.05) is 11.6 Å². The third-order valence-electron chi connectivity index (χ3n) is 3.66. The molecule has 5 nitrogen and oxygen atoms in total. The zero-order valence-corrected chi connectivity index (χ0v) is 11.8. The Morgan fingerprint density at radius 3 is 3.00 bits per heavy atom. The summed E-state index contributed by atoms with van der Waals surface area (Å²) in [5, 5.41) is 3.68. The molecule has 2 aromatic rings. The molecule has 1 atom stereocenters. The average molecular weight is 287 g/mol. The summed E-state index contributed by atoms with van der Waals surface area (Å²) in [4.78, 5) is 23.6. The number of ether oxygens (including phenoxy) is 1. The minimum atomic E-state index is -0.410. The van der Waals surface area contributed by atoms with E-state index in [1.807, 2.05) is 19.1 Å². The second-order valence-corrected chi connectivity index (χ2v) is 5.31. The summed E-state index contributed by atoms with van der Waals surface area (Å²) in [6.45, 7) is 2.90. The Morgan fingerprint density at radius 1 is 1.38 bits per heavy atom. The summed E-state index contributed by atoms with van der Waals surface area (Å²) in [6.07, 6.45) is 1.30. The van der Waals surface area contributed by atoms with E-state index in [1.165, 1.54) is 6.07 Å². The first kappa shape index (κ1) is 13.8. The van der Waals surface area contributed by atoms with Crippen molar-refractivity contribution in [2.24, 2.45) is 0 Å². The lowest BCUT2D eigenvalue weighted by molar-refractivity contribution is -0.130. The smallest absolute Gasteiger partial charge is 0.336 e. The van der Waals surface area contributed by atoms with Gasteiger partial charge in [0, 0.05) is 24.6 Å². The minimum Gasteiger partial charge on any atom is -0.423 e. The molecule has 1 aliphatic rings. The van der Waals surface area contributed by atoms with Crippen LogP contribution in [0, 0.1) is 6.92 Å². The van der Waals surface area contributed by atoms with Crippen molar-refractivity contribution in [1.29, 1.82) is 0 Å². The molecule has 21 heavy (non-hydrogen) atoms. The molecule has 5 heteroatoms. The standard InChI is InChI=1S/C16H17NO4/c1-10-4-5-13-12(7-10)11(8-15(18)21-13)9-17-16(19)14-3-2-6-20-14/h4-5,7-8,14H,2-3,6,9H2,1H3,(H,17,19). The van der Waals surface area contributed by atoms with Crippen LogP contribution in [0.1, 0.15) is 24.0 Å². The van der Waals surface area contributed by atoms with Crippen molar-refractivity contribution in [3.63, 3.8) is 0 Å². The Morgan fingerprint density at radius 2 is 2.24 bits per heavy atom. The predicted octanol–water partition coefficient (Wildman–Crippen LogP) is 1.90. The Hall–Kier alpha value is -2.14. The van der Waals surface area contributed by atoms with Crippen LogP contribution in [0.5, 0.6) is 0 Å². The van der Waals surface area contributed by atoms with Crippen LogP contribution in [0.15, 0.2) is 33.5 Å². The van der Waals surface area contributed by atoms with Crippen molar-refractivity contribution < 1.29 is 13.9 Å². The molecule has 1 aromatic heterocycles. The fourth-order valence-corrected chi connectivity index (χ4v) is 2.57. The van der Waals surface area contributed by atoms with Gasteiger partial charge in [0.25, 0.3) is 0 Å². The van der Waals surface area contributed by atoms with Crippen molar-refractivity contribution in [3.05, 3.63) is 45.8 Å². The topological polar surface area (TPSA) is 68.5 Å². The second-order valence-electron chi connectivity index (χ2n) is 5.31. The first-order valence-corrected chi connectivity index (χ1v) is 7.06. The van der Waals surface area contributed by atoms with E-state index in [-0.39, 0.29) is 12.0 Å². The Bertz CT molecular complexity index is 729. The van der Waals surface area contributed by atoms with Gasteiger partial charge in [0.2, 0.25) is 5.91 Å². The van der Waals surface area contributed by atoms with Gasteiger partial charge in [-0.15, -0.1) is 0 Å². The zero-order chi connectivity index (χ0) is 14.8. The van der Waals surface area contributed by atoms with E-state index in [0.29, 0.717) is 18.7 Å². The van der Waals surface area contributed by atoms with Gasteiger partial charge in [-0.3, -0.25) is 4.79 Å². The van der Waals surface area contributed by atoms with Crippen LogP contribution in [0.4, 0.5) is 0 Å². The molecule has 1 aromatic carbocycles. The molecule has 3 rings (SSSR count). The van der Waals surface area contributed by atoms with Crippen LogP contribution in [0.3, 0.4) is 0 Å². The summed E-state index contributed by atoms with van der Waals surface area (Å²) >= 11 is 0. The van der Waals surface area contributed by atoms with Crippen molar-refractivity contribution in [2.45, 2.75) is 32.4 Å². The fourth-order valence-electron chi connectivity index (χ4n) is 2.57. The molecule has 1 fully saturated rings. The molecular weight excluding hydrogens is 270 g/mol. The number of amides is 1. The van der Waals surface area contributed by atoms with Crippen LogP contribution >= 0.6 is 0 Å². The number of nitrogens with one attached hydrogen (secondary N) is 1. The van der Waals surface area contributed by atoms with E-state index >= 15 is 0 Å². The van der Waals surface area contributed by atoms with Crippen LogP contribution < -0.4 is 10.9 Å². The van der Waals surface area contributed by atoms with Crippen molar-refractivity contribution in [3.8, 4) is 0 Å². The largest absolute Gasteiger partial charge is 0.423 e. The Labute approximate surface area is 121 Å². The molecule has 0 bridgehead atoms. The Balaban J connectivity index is 1.84. The van der Waals surface area contributed by atoms with Crippen LogP contribution in [-0.2, 0) is 16.1 Å². The molecule has 1 saturated heterocycles. The number of benzene rings is 1. The lowest BCUT2D eigenvalue weighted by Crippen LogP contribution is -2.33. The minimum absolute atomic E-state index is 0.124. The van der Waals surface area contributed by atoms with E-state index in [2.05, 4.69) is 5.32 Å². The number of rotatable bonds is 3. The van der Waals surface area contributed by atoms with E-state index < -0.39 is 5.63 Å². The number of fused-ring (bicyclic) bond motifs is 1. The quantitative estimate of drug-likeness (QED) is 0.875. The van der Waals surface area contributed by atoms with Crippen LogP contribution in [0.2, 0.25) is 0 Å². The second kappa shape index (κ2) is 5.69. The summed E-state index contributed by atoms with van der Waals surface area (Å²) in [5.74, 6) is -0.124. The van der Waals surface area contributed by atoms with Crippen molar-refractivity contribution >= 4 is 16.9 Å². The lowest BCUT2D eigenvalue weighted by atomic mass is 10.1. The molecule has 0 spiro atoms. The number of carbonyl (C=O) groups excluding carboxylic acids is 1. The maximum Gasteiger partial charge on any atom is 0.336 e. The third-order valence-corrected chi connectivity index (χ3v) is 3.66. The number of hydrogen-bond acceptors (Lipinski definition) is 4. The molecule has 0 radical (unpaired) electrons. The Kier molecular flexibility index (Phi) is 3.75. The molecule has 110 valence electrons. The number of aryl methyl sites for hydroxylation is 1. The van der Waals surface area contributed by atoms with Gasteiger partial charge in [0.05, 0.1) is 0 Å². The van der Waals surface area contributed by atoms with Gasteiger partial charge >= 0.3 is 5.63 Å². The summed E-state index contributed by atoms with van der Waals surface area (Å²) < 4.78 is 10.5. The van der Waals surface area contributed by atoms with E-state index in [0.717, 1.165) is 29.4 Å². The molecule has 2 heterocycles. The molecule has 1 N–H and O–H groups in total. The van der Waals surface area contributed by atoms with E-state index in [9.17, 15) is 9.59 Å². The van der Waals surface area contributed by atoms with Gasteiger partial charge in [0.15, 0.2) is 0 Å². The molecule has 0 aliphatic carbocycles. The number of hydrogen-bond donors (Lipinski definition) is 1. The van der Waals surface area contributed by atoms with Gasteiger partial charge in [-0.05, 0) is 37.5 Å². The highest BCUT2D eigenvalue weighted by Crippen LogP contribution is 2.19. The fraction of sp³-hybridized carbons (Fsp3) is 0.375. The van der Waals surface area contributed by atoms with Crippen molar-refractivity contribution in [2.75, 3.05) is 6.61 Å². The van der Waals surface area contributed by atoms with Gasteiger partial charge in [0.1, 0.15) is 11.7 Å². The average Bonchev–Trinajstić information content (AvgIpc) is 2.99. The van der Waals surface area contributed by atoms with Gasteiger partial charge in [-0.25, -0.2) is 4.79 Å². The lowest BCUT2D eigenvalue weighted by Gasteiger charge is -2.11. The van der Waals surface area contributed by atoms with Crippen LogP contribution in [-0.4, -0.2) is 18.6 Å². The molecule has 1 unspecified atom stereocenters. The highest BCUT2D eigenvalue weighted by atomic mass is 16.5. The summed E-state index contributed by atoms with van der Waals surface area (Å²) in [6, 6.07) is 7.04. The maximum atomic E-state index is 12.0. The third kappa shape index (κ3) is 2.97. The number of carbonyl (C=O) groups is 1. The normalized spacial score (nSPS) is 18.0. The van der Waals surface area contributed by atoms with E-state index in [4.69, 9.17) is 9.15 Å². The van der Waals surface area contributed by atoms with Gasteiger partial charge < -0.3 is 14.5 Å². The molecule has 1 amide bonds. The molecule has 1 aliphatic heterocycles. The highest BCUT2D eigenvalue weighted by molar-refractivity contribution is 5.83. The summed E-state index contributed by atoms with van der Waals surface area (Å²) in [7, 11) is 0. The van der Waals surface area contributed by atoms with Gasteiger partial charge in [-0.2, -0.15) is 0 Å². The highest BCUT2D eigenvalue weighted by Gasteiger charge is 2.23. The monoisotopic (exact) mass is 287 g/mol. The molecule has 0 saturated carbocycles. The SMILES string of the molecule is Cc1ccc2oc(=O)cc(CNC(=O)C3CCCO3)c2c1. The zero-order valence-electron chi connectivity index (χ0n) is 11.8. The maximum absolute atomic E-state index is 12.0.